The van der Waals surface area contributed by atoms with E-state index in [2.05, 4.69) is 20.0 Å². The van der Waals surface area contributed by atoms with Gasteiger partial charge in [0.1, 0.15) is 12.1 Å². The van der Waals surface area contributed by atoms with E-state index in [0.717, 1.165) is 11.0 Å². The topological polar surface area (TPSA) is 106 Å². The minimum absolute atomic E-state index is 0.111. The summed E-state index contributed by atoms with van der Waals surface area (Å²) in [7, 11) is -3.55. The van der Waals surface area contributed by atoms with Gasteiger partial charge in [-0.1, -0.05) is 19.1 Å². The molecule has 8 nitrogen and oxygen atoms in total. The van der Waals surface area contributed by atoms with Crippen molar-refractivity contribution < 1.29 is 13.2 Å². The molecule has 0 bridgehead atoms. The van der Waals surface area contributed by atoms with Crippen molar-refractivity contribution in [3.05, 3.63) is 78.8 Å². The van der Waals surface area contributed by atoms with Gasteiger partial charge in [-0.25, -0.2) is 23.1 Å². The molecule has 152 valence electrons. The van der Waals surface area contributed by atoms with E-state index in [4.69, 9.17) is 0 Å². The van der Waals surface area contributed by atoms with Crippen LogP contribution in [0.4, 0.5) is 5.69 Å². The highest BCUT2D eigenvalue weighted by molar-refractivity contribution is 7.89. The maximum atomic E-state index is 12.5. The summed E-state index contributed by atoms with van der Waals surface area (Å²) >= 11 is 0. The van der Waals surface area contributed by atoms with Crippen LogP contribution in [-0.4, -0.2) is 35.4 Å². The van der Waals surface area contributed by atoms with Crippen LogP contribution in [0.1, 0.15) is 17.3 Å². The monoisotopic (exact) mass is 421 g/mol. The van der Waals surface area contributed by atoms with E-state index >= 15 is 0 Å². The molecule has 0 saturated heterocycles. The maximum Gasteiger partial charge on any atom is 0.255 e. The second kappa shape index (κ2) is 8.05. The fourth-order valence-electron chi connectivity index (χ4n) is 3.01. The average Bonchev–Trinajstić information content (AvgIpc) is 3.18. The maximum absolute atomic E-state index is 12.5. The Morgan fingerprint density at radius 2 is 1.77 bits per heavy atom. The zero-order valence-corrected chi connectivity index (χ0v) is 16.9. The van der Waals surface area contributed by atoms with E-state index in [9.17, 15) is 13.2 Å². The van der Waals surface area contributed by atoms with Crippen LogP contribution in [0.2, 0.25) is 0 Å². The van der Waals surface area contributed by atoms with E-state index in [1.165, 1.54) is 24.3 Å². The predicted molar refractivity (Wildman–Crippen MR) is 114 cm³/mol. The lowest BCUT2D eigenvalue weighted by atomic mass is 10.2. The molecule has 1 amide bonds. The van der Waals surface area contributed by atoms with Gasteiger partial charge in [0.05, 0.1) is 27.8 Å². The fourth-order valence-corrected chi connectivity index (χ4v) is 4.05. The first-order valence-corrected chi connectivity index (χ1v) is 10.8. The van der Waals surface area contributed by atoms with Crippen LogP contribution in [0.25, 0.3) is 16.9 Å². The lowest BCUT2D eigenvalue weighted by Crippen LogP contribution is -2.23. The van der Waals surface area contributed by atoms with E-state index in [0.29, 0.717) is 23.6 Å². The predicted octanol–water partition coefficient (Wildman–Crippen LogP) is 2.97. The third-order valence-electron chi connectivity index (χ3n) is 4.47. The summed E-state index contributed by atoms with van der Waals surface area (Å²) in [5.41, 5.74) is 2.68. The van der Waals surface area contributed by atoms with Crippen molar-refractivity contribution in [1.82, 2.24) is 19.3 Å². The highest BCUT2D eigenvalue weighted by Gasteiger charge is 2.14. The average molecular weight is 421 g/mol. The number of rotatable bonds is 6. The Kier molecular flexibility index (Phi) is 5.30. The van der Waals surface area contributed by atoms with Gasteiger partial charge in [-0.05, 0) is 48.5 Å². The number of para-hydroxylation sites is 2. The molecule has 9 heteroatoms. The number of aromatic nitrogens is 3. The van der Waals surface area contributed by atoms with Gasteiger partial charge in [-0.3, -0.25) is 9.36 Å². The first-order valence-electron chi connectivity index (χ1n) is 9.27. The number of hydrogen-bond donors (Lipinski definition) is 2. The van der Waals surface area contributed by atoms with Gasteiger partial charge in [0, 0.05) is 12.1 Å². The van der Waals surface area contributed by atoms with Crippen molar-refractivity contribution in [3.63, 3.8) is 0 Å². The van der Waals surface area contributed by atoms with Crippen molar-refractivity contribution in [2.24, 2.45) is 0 Å². The van der Waals surface area contributed by atoms with Gasteiger partial charge in [-0.15, -0.1) is 0 Å². The largest absolute Gasteiger partial charge is 0.321 e. The molecule has 0 atom stereocenters. The van der Waals surface area contributed by atoms with Gasteiger partial charge in [0.25, 0.3) is 5.91 Å². The van der Waals surface area contributed by atoms with Crippen LogP contribution in [-0.2, 0) is 10.0 Å². The Bertz CT molecular complexity index is 1300. The number of fused-ring (bicyclic) bond motifs is 1. The molecule has 4 rings (SSSR count). The van der Waals surface area contributed by atoms with Gasteiger partial charge in [0.2, 0.25) is 10.0 Å². The van der Waals surface area contributed by atoms with Gasteiger partial charge < -0.3 is 5.32 Å². The molecule has 2 heterocycles. The molecule has 4 aromatic rings. The SMILES string of the molecule is CCNS(=O)(=O)c1ccc(C(=O)Nc2ccc(-n3cnc4ccccc43)nc2)cc1. The Labute approximate surface area is 173 Å². The summed E-state index contributed by atoms with van der Waals surface area (Å²) in [6.45, 7) is 2.00. The summed E-state index contributed by atoms with van der Waals surface area (Å²) in [5.74, 6) is 0.324. The van der Waals surface area contributed by atoms with Crippen LogP contribution < -0.4 is 10.0 Å². The van der Waals surface area contributed by atoms with Crippen molar-refractivity contribution in [3.8, 4) is 5.82 Å². The number of amides is 1. The quantitative estimate of drug-likeness (QED) is 0.498. The zero-order chi connectivity index (χ0) is 21.1. The zero-order valence-electron chi connectivity index (χ0n) is 16.1. The number of carbonyl (C=O) groups excluding carboxylic acids is 1. The molecule has 0 unspecified atom stereocenters. The number of carbonyl (C=O) groups is 1. The number of nitrogens with zero attached hydrogens (tertiary/aromatic N) is 3. The first kappa shape index (κ1) is 19.7. The number of pyridine rings is 1. The van der Waals surface area contributed by atoms with Crippen molar-refractivity contribution in [2.45, 2.75) is 11.8 Å². The molecular formula is C21H19N5O3S. The Hall–Kier alpha value is -3.56. The lowest BCUT2D eigenvalue weighted by Gasteiger charge is -2.08. The van der Waals surface area contributed by atoms with E-state index < -0.39 is 10.0 Å². The van der Waals surface area contributed by atoms with Crippen molar-refractivity contribution in [1.29, 1.82) is 0 Å². The van der Waals surface area contributed by atoms with Gasteiger partial charge >= 0.3 is 0 Å². The molecule has 0 spiro atoms. The summed E-state index contributed by atoms with van der Waals surface area (Å²) in [6, 6.07) is 17.0. The molecular weight excluding hydrogens is 402 g/mol. The van der Waals surface area contributed by atoms with Crippen LogP contribution in [0.15, 0.2) is 78.1 Å². The number of sulfonamides is 1. The molecule has 0 aliphatic heterocycles. The Morgan fingerprint density at radius 3 is 2.47 bits per heavy atom. The summed E-state index contributed by atoms with van der Waals surface area (Å²) in [6.07, 6.45) is 3.26. The smallest absolute Gasteiger partial charge is 0.255 e. The van der Waals surface area contributed by atoms with Crippen LogP contribution >= 0.6 is 0 Å². The Balaban J connectivity index is 1.49. The van der Waals surface area contributed by atoms with Crippen molar-refractivity contribution in [2.75, 3.05) is 11.9 Å². The molecule has 30 heavy (non-hydrogen) atoms. The van der Waals surface area contributed by atoms with E-state index in [1.54, 1.807) is 31.6 Å². The fraction of sp³-hybridized carbons (Fsp3) is 0.0952. The van der Waals surface area contributed by atoms with E-state index in [-0.39, 0.29) is 10.8 Å². The molecule has 2 N–H and O–H groups in total. The van der Waals surface area contributed by atoms with E-state index in [1.807, 2.05) is 28.8 Å². The first-order chi connectivity index (χ1) is 14.5. The molecule has 0 radical (unpaired) electrons. The summed E-state index contributed by atoms with van der Waals surface area (Å²) in [5, 5.41) is 2.76. The van der Waals surface area contributed by atoms with Crippen molar-refractivity contribution >= 4 is 32.7 Å². The summed E-state index contributed by atoms with van der Waals surface area (Å²) in [4.78, 5) is 21.3. The lowest BCUT2D eigenvalue weighted by molar-refractivity contribution is 0.102. The normalized spacial score (nSPS) is 11.5. The van der Waals surface area contributed by atoms with Crippen LogP contribution in [0, 0.1) is 0 Å². The number of hydrogen-bond acceptors (Lipinski definition) is 5. The van der Waals surface area contributed by atoms with Gasteiger partial charge in [-0.2, -0.15) is 0 Å². The molecule has 2 aromatic heterocycles. The number of imidazole rings is 1. The third kappa shape index (κ3) is 3.93. The second-order valence-electron chi connectivity index (χ2n) is 6.49. The number of benzene rings is 2. The molecule has 2 aromatic carbocycles. The summed E-state index contributed by atoms with van der Waals surface area (Å²) < 4.78 is 28.3. The third-order valence-corrected chi connectivity index (χ3v) is 6.03. The van der Waals surface area contributed by atoms with Crippen LogP contribution in [0.5, 0.6) is 0 Å². The highest BCUT2D eigenvalue weighted by atomic mass is 32.2. The number of nitrogens with one attached hydrogen (secondary N) is 2. The molecule has 0 fully saturated rings. The van der Waals surface area contributed by atoms with Crippen LogP contribution in [0.3, 0.4) is 0 Å². The minimum atomic E-state index is -3.55. The van der Waals surface area contributed by atoms with Gasteiger partial charge in [0.15, 0.2) is 0 Å². The molecule has 0 aliphatic carbocycles. The minimum Gasteiger partial charge on any atom is -0.321 e. The standard InChI is InChI=1S/C21H19N5O3S/c1-2-24-30(28,29)17-10-7-15(8-11-17)21(27)25-16-9-12-20(22-13-16)26-14-23-18-5-3-4-6-19(18)26/h3-14,24H,2H2,1H3,(H,25,27). The number of anilines is 1. The molecule has 0 saturated carbocycles. The second-order valence-corrected chi connectivity index (χ2v) is 8.26. The molecule has 0 aliphatic rings. The highest BCUT2D eigenvalue weighted by Crippen LogP contribution is 2.18. The Morgan fingerprint density at radius 1 is 1.00 bits per heavy atom.